The first kappa shape index (κ1) is 13.6. The Balaban J connectivity index is 2.11. The molecular formula is C13H8BrNO3S. The van der Waals surface area contributed by atoms with Crippen LogP contribution in [0, 0.1) is 10.1 Å². The second kappa shape index (κ2) is 5.90. The summed E-state index contributed by atoms with van der Waals surface area (Å²) in [5.74, 6) is -0.181. The number of halogens is 1. The summed E-state index contributed by atoms with van der Waals surface area (Å²) in [6.07, 6.45) is 3.18. The van der Waals surface area contributed by atoms with E-state index in [9.17, 15) is 14.9 Å². The van der Waals surface area contributed by atoms with E-state index in [1.54, 1.807) is 6.08 Å². The maximum atomic E-state index is 11.8. The third-order valence-corrected chi connectivity index (χ3v) is 4.01. The first-order chi connectivity index (χ1) is 9.06. The summed E-state index contributed by atoms with van der Waals surface area (Å²) in [5, 5.41) is 12.4. The van der Waals surface area contributed by atoms with Gasteiger partial charge in [0.2, 0.25) is 0 Å². The van der Waals surface area contributed by atoms with Gasteiger partial charge >= 0.3 is 0 Å². The van der Waals surface area contributed by atoms with Crippen molar-refractivity contribution < 1.29 is 9.72 Å². The number of hydrogen-bond donors (Lipinski definition) is 0. The largest absolute Gasteiger partial charge is 0.289 e. The molecule has 0 fully saturated rings. The van der Waals surface area contributed by atoms with Crippen LogP contribution >= 0.6 is 27.3 Å². The zero-order valence-electron chi connectivity index (χ0n) is 9.58. The third-order valence-electron chi connectivity index (χ3n) is 2.35. The van der Waals surface area contributed by atoms with Crippen molar-refractivity contribution in [2.75, 3.05) is 0 Å². The van der Waals surface area contributed by atoms with E-state index in [-0.39, 0.29) is 11.5 Å². The minimum Gasteiger partial charge on any atom is -0.289 e. The molecule has 1 aromatic heterocycles. The maximum absolute atomic E-state index is 11.8. The van der Waals surface area contributed by atoms with Gasteiger partial charge in [0.05, 0.1) is 4.92 Å². The van der Waals surface area contributed by atoms with Crippen molar-refractivity contribution in [3.05, 3.63) is 66.8 Å². The van der Waals surface area contributed by atoms with E-state index in [0.29, 0.717) is 5.56 Å². The summed E-state index contributed by atoms with van der Waals surface area (Å²) in [7, 11) is 0. The van der Waals surface area contributed by atoms with Crippen molar-refractivity contribution in [2.24, 2.45) is 0 Å². The Kier molecular flexibility index (Phi) is 4.24. The number of ketones is 1. The predicted octanol–water partition coefficient (Wildman–Crippen LogP) is 4.31. The highest BCUT2D eigenvalue weighted by atomic mass is 79.9. The summed E-state index contributed by atoms with van der Waals surface area (Å²) in [5.41, 5.74) is 0.403. The van der Waals surface area contributed by atoms with E-state index in [2.05, 4.69) is 15.9 Å². The Morgan fingerprint density at radius 3 is 2.53 bits per heavy atom. The van der Waals surface area contributed by atoms with Crippen molar-refractivity contribution in [3.8, 4) is 0 Å². The fraction of sp³-hybridized carbons (Fsp3) is 0. The van der Waals surface area contributed by atoms with Crippen LogP contribution in [0.5, 0.6) is 0 Å². The summed E-state index contributed by atoms with van der Waals surface area (Å²) < 4.78 is 0.972. The Morgan fingerprint density at radius 1 is 1.32 bits per heavy atom. The summed E-state index contributed by atoms with van der Waals surface area (Å²) in [6, 6.07) is 7.46. The average Bonchev–Trinajstić information content (AvgIpc) is 2.82. The quantitative estimate of drug-likeness (QED) is 0.361. The first-order valence-corrected chi connectivity index (χ1v) is 6.94. The number of allylic oxidation sites excluding steroid dienone is 1. The van der Waals surface area contributed by atoms with Gasteiger partial charge in [-0.3, -0.25) is 14.9 Å². The van der Waals surface area contributed by atoms with E-state index in [0.717, 1.165) is 9.35 Å². The lowest BCUT2D eigenvalue weighted by atomic mass is 10.1. The SMILES string of the molecule is O=C(C=Cc1cc(Br)cs1)c1ccc([N+](=O)[O-])cc1. The molecule has 0 unspecified atom stereocenters. The van der Waals surface area contributed by atoms with Gasteiger partial charge in [-0.1, -0.05) is 0 Å². The number of rotatable bonds is 4. The molecule has 0 aliphatic carbocycles. The van der Waals surface area contributed by atoms with E-state index in [4.69, 9.17) is 0 Å². The lowest BCUT2D eigenvalue weighted by molar-refractivity contribution is -0.384. The Hall–Kier alpha value is -1.79. The molecule has 0 bridgehead atoms. The van der Waals surface area contributed by atoms with Crippen LogP contribution in [0.3, 0.4) is 0 Å². The normalized spacial score (nSPS) is 10.8. The first-order valence-electron chi connectivity index (χ1n) is 5.27. The number of nitrogens with zero attached hydrogens (tertiary/aromatic N) is 1. The van der Waals surface area contributed by atoms with Crippen molar-refractivity contribution in [1.82, 2.24) is 0 Å². The number of thiophene rings is 1. The topological polar surface area (TPSA) is 60.2 Å². The van der Waals surface area contributed by atoms with Crippen molar-refractivity contribution >= 4 is 44.8 Å². The molecule has 0 aliphatic heterocycles. The fourth-order valence-corrected chi connectivity index (χ4v) is 2.75. The number of benzene rings is 1. The second-order valence-corrected chi connectivity index (χ2v) is 5.53. The van der Waals surface area contributed by atoms with Crippen LogP contribution in [0.4, 0.5) is 5.69 Å². The number of non-ortho nitro benzene ring substituents is 1. The highest BCUT2D eigenvalue weighted by Gasteiger charge is 2.07. The third kappa shape index (κ3) is 3.59. The minimum atomic E-state index is -0.493. The van der Waals surface area contributed by atoms with Crippen LogP contribution in [-0.4, -0.2) is 10.7 Å². The lowest BCUT2D eigenvalue weighted by Gasteiger charge is -1.95. The zero-order chi connectivity index (χ0) is 13.8. The monoisotopic (exact) mass is 337 g/mol. The van der Waals surface area contributed by atoms with Gasteiger partial charge in [0.1, 0.15) is 0 Å². The van der Waals surface area contributed by atoms with Crippen LogP contribution < -0.4 is 0 Å². The second-order valence-electron chi connectivity index (χ2n) is 3.67. The molecule has 1 heterocycles. The Morgan fingerprint density at radius 2 is 2.00 bits per heavy atom. The van der Waals surface area contributed by atoms with Gasteiger partial charge in [0, 0.05) is 32.4 Å². The number of carbonyl (C=O) groups is 1. The molecule has 0 aliphatic rings. The molecule has 96 valence electrons. The Bertz CT molecular complexity index is 646. The van der Waals surface area contributed by atoms with E-state index < -0.39 is 4.92 Å². The molecule has 0 spiro atoms. The standard InChI is InChI=1S/C13H8BrNO3S/c14-10-7-12(19-8-10)5-6-13(16)9-1-3-11(4-2-9)15(17)18/h1-8H. The van der Waals surface area contributed by atoms with Crippen LogP contribution in [0.25, 0.3) is 6.08 Å². The van der Waals surface area contributed by atoms with Gasteiger partial charge in [-0.05, 0) is 46.3 Å². The molecule has 6 heteroatoms. The van der Waals surface area contributed by atoms with Crippen LogP contribution in [0.1, 0.15) is 15.2 Å². The summed E-state index contributed by atoms with van der Waals surface area (Å²) in [6.45, 7) is 0. The maximum Gasteiger partial charge on any atom is 0.269 e. The molecule has 1 aromatic carbocycles. The molecule has 0 saturated heterocycles. The van der Waals surface area contributed by atoms with Gasteiger partial charge < -0.3 is 0 Å². The van der Waals surface area contributed by atoms with Gasteiger partial charge in [-0.25, -0.2) is 0 Å². The van der Waals surface area contributed by atoms with E-state index in [1.807, 2.05) is 11.4 Å². The van der Waals surface area contributed by atoms with Crippen molar-refractivity contribution in [3.63, 3.8) is 0 Å². The number of carbonyl (C=O) groups excluding carboxylic acids is 1. The number of hydrogen-bond acceptors (Lipinski definition) is 4. The summed E-state index contributed by atoms with van der Waals surface area (Å²) >= 11 is 4.85. The molecule has 4 nitrogen and oxygen atoms in total. The Labute approximate surface area is 121 Å². The lowest BCUT2D eigenvalue weighted by Crippen LogP contribution is -1.94. The zero-order valence-corrected chi connectivity index (χ0v) is 12.0. The molecule has 2 rings (SSSR count). The highest BCUT2D eigenvalue weighted by molar-refractivity contribution is 9.10. The average molecular weight is 338 g/mol. The molecule has 0 atom stereocenters. The van der Waals surface area contributed by atoms with Crippen LogP contribution in [-0.2, 0) is 0 Å². The number of nitro groups is 1. The van der Waals surface area contributed by atoms with E-state index >= 15 is 0 Å². The molecule has 0 amide bonds. The van der Waals surface area contributed by atoms with E-state index in [1.165, 1.54) is 41.7 Å². The minimum absolute atomic E-state index is 0.0253. The smallest absolute Gasteiger partial charge is 0.269 e. The fourth-order valence-electron chi connectivity index (χ4n) is 1.42. The van der Waals surface area contributed by atoms with Gasteiger partial charge in [-0.2, -0.15) is 0 Å². The molecular weight excluding hydrogens is 330 g/mol. The molecule has 0 radical (unpaired) electrons. The van der Waals surface area contributed by atoms with Gasteiger partial charge in [0.15, 0.2) is 5.78 Å². The van der Waals surface area contributed by atoms with Crippen LogP contribution in [0.2, 0.25) is 0 Å². The van der Waals surface area contributed by atoms with Gasteiger partial charge in [0.25, 0.3) is 5.69 Å². The molecule has 19 heavy (non-hydrogen) atoms. The highest BCUT2D eigenvalue weighted by Crippen LogP contribution is 2.21. The molecule has 0 N–H and O–H groups in total. The van der Waals surface area contributed by atoms with Crippen LogP contribution in [0.15, 0.2) is 46.3 Å². The predicted molar refractivity (Wildman–Crippen MR) is 78.5 cm³/mol. The van der Waals surface area contributed by atoms with Crippen molar-refractivity contribution in [2.45, 2.75) is 0 Å². The molecule has 2 aromatic rings. The van der Waals surface area contributed by atoms with Crippen molar-refractivity contribution in [1.29, 1.82) is 0 Å². The molecule has 0 saturated carbocycles. The summed E-state index contributed by atoms with van der Waals surface area (Å²) in [4.78, 5) is 22.8. The number of nitro benzene ring substituents is 1. The van der Waals surface area contributed by atoms with Gasteiger partial charge in [-0.15, -0.1) is 11.3 Å².